The zero-order valence-corrected chi connectivity index (χ0v) is 12.8. The van der Waals surface area contributed by atoms with Crippen molar-refractivity contribution in [2.24, 2.45) is 0 Å². The molecule has 7 nitrogen and oxygen atoms in total. The third-order valence-corrected chi connectivity index (χ3v) is 3.95. The molecule has 0 spiro atoms. The predicted octanol–water partition coefficient (Wildman–Crippen LogP) is 2.13. The van der Waals surface area contributed by atoms with Crippen LogP contribution in [0.4, 0.5) is 10.5 Å². The number of nitrogens with zero attached hydrogens (tertiary/aromatic N) is 2. The van der Waals surface area contributed by atoms with Crippen molar-refractivity contribution < 1.29 is 14.8 Å². The van der Waals surface area contributed by atoms with Crippen LogP contribution in [0.5, 0.6) is 0 Å². The third-order valence-electron chi connectivity index (χ3n) is 3.95. The van der Waals surface area contributed by atoms with Gasteiger partial charge in [0, 0.05) is 24.7 Å². The Hall–Kier alpha value is -2.15. The second-order valence-corrected chi connectivity index (χ2v) is 5.72. The number of likely N-dealkylation sites (tertiary alicyclic amines) is 1. The van der Waals surface area contributed by atoms with E-state index < -0.39 is 11.0 Å². The summed E-state index contributed by atoms with van der Waals surface area (Å²) in [5, 5.41) is 23.4. The number of rotatable bonds is 3. The van der Waals surface area contributed by atoms with Crippen molar-refractivity contribution in [1.82, 2.24) is 10.2 Å². The number of carbonyl (C=O) groups excluding carboxylic acids is 1. The summed E-state index contributed by atoms with van der Waals surface area (Å²) in [6, 6.07) is 4.35. The molecule has 0 aromatic heterocycles. The van der Waals surface area contributed by atoms with E-state index in [2.05, 4.69) is 5.32 Å². The molecule has 1 aliphatic rings. The number of nitrogens with one attached hydrogen (secondary N) is 1. The van der Waals surface area contributed by atoms with Crippen molar-refractivity contribution in [1.29, 1.82) is 0 Å². The average molecular weight is 307 g/mol. The molecular weight excluding hydrogens is 286 g/mol. The Morgan fingerprint density at radius 3 is 2.91 bits per heavy atom. The molecule has 22 heavy (non-hydrogen) atoms. The summed E-state index contributed by atoms with van der Waals surface area (Å²) < 4.78 is 0. The molecule has 2 atom stereocenters. The quantitative estimate of drug-likeness (QED) is 0.660. The SMILES string of the molecule is Cc1ccc([C@H](C)NC(=O)N2CCC[C@@H](O)C2)cc1[N+](=O)[O-]. The molecular formula is C15H21N3O4. The maximum atomic E-state index is 12.2. The van der Waals surface area contributed by atoms with E-state index in [-0.39, 0.29) is 17.8 Å². The highest BCUT2D eigenvalue weighted by Crippen LogP contribution is 2.23. The van der Waals surface area contributed by atoms with Crippen LogP contribution in [0.15, 0.2) is 18.2 Å². The number of carbonyl (C=O) groups is 1. The number of benzene rings is 1. The number of urea groups is 1. The van der Waals surface area contributed by atoms with Crippen LogP contribution in [-0.4, -0.2) is 40.2 Å². The van der Waals surface area contributed by atoms with Gasteiger partial charge in [-0.2, -0.15) is 0 Å². The molecule has 1 saturated heterocycles. The lowest BCUT2D eigenvalue weighted by atomic mass is 10.0. The molecule has 0 radical (unpaired) electrons. The summed E-state index contributed by atoms with van der Waals surface area (Å²) in [6.45, 7) is 4.41. The normalized spacial score (nSPS) is 19.6. The first kappa shape index (κ1) is 16.2. The Bertz CT molecular complexity index is 576. The number of β-amino-alcohol motifs (C(OH)–C–C–N with tert-alkyl or cyclic N) is 1. The van der Waals surface area contributed by atoms with Crippen molar-refractivity contribution in [2.45, 2.75) is 38.8 Å². The van der Waals surface area contributed by atoms with E-state index in [1.165, 1.54) is 6.07 Å². The van der Waals surface area contributed by atoms with Crippen molar-refractivity contribution >= 4 is 11.7 Å². The zero-order valence-electron chi connectivity index (χ0n) is 12.8. The zero-order chi connectivity index (χ0) is 16.3. The van der Waals surface area contributed by atoms with E-state index in [0.717, 1.165) is 6.42 Å². The highest BCUT2D eigenvalue weighted by molar-refractivity contribution is 5.75. The Balaban J connectivity index is 2.05. The van der Waals surface area contributed by atoms with Gasteiger partial charge in [-0.15, -0.1) is 0 Å². The van der Waals surface area contributed by atoms with Crippen LogP contribution in [0, 0.1) is 17.0 Å². The lowest BCUT2D eigenvalue weighted by Crippen LogP contribution is -2.47. The van der Waals surface area contributed by atoms with Crippen LogP contribution in [0.3, 0.4) is 0 Å². The van der Waals surface area contributed by atoms with Gasteiger partial charge < -0.3 is 15.3 Å². The third kappa shape index (κ3) is 3.73. The number of amides is 2. The summed E-state index contributed by atoms with van der Waals surface area (Å²) in [4.78, 5) is 24.3. The lowest BCUT2D eigenvalue weighted by Gasteiger charge is -2.31. The lowest BCUT2D eigenvalue weighted by molar-refractivity contribution is -0.385. The summed E-state index contributed by atoms with van der Waals surface area (Å²) in [6.07, 6.45) is 1.01. The van der Waals surface area contributed by atoms with E-state index >= 15 is 0 Å². The average Bonchev–Trinajstić information content (AvgIpc) is 2.47. The van der Waals surface area contributed by atoms with Gasteiger partial charge in [-0.1, -0.05) is 12.1 Å². The van der Waals surface area contributed by atoms with Gasteiger partial charge in [0.1, 0.15) is 0 Å². The second-order valence-electron chi connectivity index (χ2n) is 5.72. The summed E-state index contributed by atoms with van der Waals surface area (Å²) in [7, 11) is 0. The monoisotopic (exact) mass is 307 g/mol. The molecule has 0 unspecified atom stereocenters. The van der Waals surface area contributed by atoms with E-state index in [9.17, 15) is 20.0 Å². The molecule has 0 saturated carbocycles. The number of aryl methyl sites for hydroxylation is 1. The van der Waals surface area contributed by atoms with E-state index in [1.807, 2.05) is 0 Å². The molecule has 1 fully saturated rings. The number of hydrogen-bond acceptors (Lipinski definition) is 4. The van der Waals surface area contributed by atoms with Gasteiger partial charge in [0.2, 0.25) is 0 Å². The van der Waals surface area contributed by atoms with Gasteiger partial charge in [0.05, 0.1) is 17.1 Å². The predicted molar refractivity (Wildman–Crippen MR) is 81.6 cm³/mol. The molecule has 2 rings (SSSR count). The maximum Gasteiger partial charge on any atom is 0.317 e. The molecule has 2 N–H and O–H groups in total. The smallest absolute Gasteiger partial charge is 0.317 e. The number of piperidine rings is 1. The Labute approximate surface area is 129 Å². The Morgan fingerprint density at radius 1 is 1.55 bits per heavy atom. The number of aliphatic hydroxyl groups is 1. The summed E-state index contributed by atoms with van der Waals surface area (Å²) in [5.74, 6) is 0. The molecule has 2 amide bonds. The van der Waals surface area contributed by atoms with Crippen molar-refractivity contribution in [3.8, 4) is 0 Å². The van der Waals surface area contributed by atoms with Crippen molar-refractivity contribution in [2.75, 3.05) is 13.1 Å². The standard InChI is InChI=1S/C15H21N3O4/c1-10-5-6-12(8-14(10)18(21)22)11(2)16-15(20)17-7-3-4-13(19)9-17/h5-6,8,11,13,19H,3-4,7,9H2,1-2H3,(H,16,20)/t11-,13+/m0/s1. The first-order valence-corrected chi connectivity index (χ1v) is 7.37. The fraction of sp³-hybridized carbons (Fsp3) is 0.533. The molecule has 1 aromatic rings. The molecule has 1 aliphatic heterocycles. The van der Waals surface area contributed by atoms with E-state index in [1.54, 1.807) is 30.9 Å². The fourth-order valence-electron chi connectivity index (χ4n) is 2.59. The largest absolute Gasteiger partial charge is 0.391 e. The molecule has 1 heterocycles. The number of aliphatic hydroxyl groups excluding tert-OH is 1. The number of nitro groups is 1. The molecule has 1 aromatic carbocycles. The van der Waals surface area contributed by atoms with Gasteiger partial charge >= 0.3 is 6.03 Å². The maximum absolute atomic E-state index is 12.2. The van der Waals surface area contributed by atoms with Crippen LogP contribution in [0.25, 0.3) is 0 Å². The Morgan fingerprint density at radius 2 is 2.27 bits per heavy atom. The van der Waals surface area contributed by atoms with Crippen LogP contribution in [0.1, 0.15) is 36.9 Å². The van der Waals surface area contributed by atoms with Crippen LogP contribution in [-0.2, 0) is 0 Å². The summed E-state index contributed by atoms with van der Waals surface area (Å²) in [5.41, 5.74) is 1.32. The first-order valence-electron chi connectivity index (χ1n) is 7.37. The van der Waals surface area contributed by atoms with Crippen molar-refractivity contribution in [3.05, 3.63) is 39.4 Å². The highest BCUT2D eigenvalue weighted by Gasteiger charge is 2.23. The van der Waals surface area contributed by atoms with Crippen LogP contribution >= 0.6 is 0 Å². The first-order chi connectivity index (χ1) is 10.4. The van der Waals surface area contributed by atoms with E-state index in [0.29, 0.717) is 30.6 Å². The topological polar surface area (TPSA) is 95.7 Å². The minimum absolute atomic E-state index is 0.0481. The molecule has 0 bridgehead atoms. The second kappa shape index (κ2) is 6.74. The minimum Gasteiger partial charge on any atom is -0.391 e. The number of hydrogen-bond donors (Lipinski definition) is 2. The van der Waals surface area contributed by atoms with E-state index in [4.69, 9.17) is 0 Å². The van der Waals surface area contributed by atoms with Gasteiger partial charge in [0.25, 0.3) is 5.69 Å². The van der Waals surface area contributed by atoms with Gasteiger partial charge in [-0.25, -0.2) is 4.79 Å². The number of nitro benzene ring substituents is 1. The van der Waals surface area contributed by atoms with Crippen LogP contribution in [0.2, 0.25) is 0 Å². The summed E-state index contributed by atoms with van der Waals surface area (Å²) >= 11 is 0. The molecule has 0 aliphatic carbocycles. The molecule has 7 heteroatoms. The minimum atomic E-state index is -0.477. The molecule has 120 valence electrons. The van der Waals surface area contributed by atoms with Gasteiger partial charge in [-0.05, 0) is 32.3 Å². The van der Waals surface area contributed by atoms with Crippen LogP contribution < -0.4 is 5.32 Å². The fourth-order valence-corrected chi connectivity index (χ4v) is 2.59. The Kier molecular flexibility index (Phi) is 4.97. The van der Waals surface area contributed by atoms with Crippen molar-refractivity contribution in [3.63, 3.8) is 0 Å². The highest BCUT2D eigenvalue weighted by atomic mass is 16.6. The van der Waals surface area contributed by atoms with Gasteiger partial charge in [0.15, 0.2) is 0 Å². The van der Waals surface area contributed by atoms with Gasteiger partial charge in [-0.3, -0.25) is 10.1 Å².